The molecule has 0 heterocycles. The van der Waals surface area contributed by atoms with E-state index in [1.54, 1.807) is 69.2 Å². The van der Waals surface area contributed by atoms with Gasteiger partial charge in [0.15, 0.2) is 5.41 Å². The summed E-state index contributed by atoms with van der Waals surface area (Å²) in [4.78, 5) is 65.1. The molecule has 1 aliphatic rings. The molecule has 1 atom stereocenters. The lowest BCUT2D eigenvalue weighted by Crippen LogP contribution is -2.44. The molecule has 1 unspecified atom stereocenters. The van der Waals surface area contributed by atoms with Crippen LogP contribution in [0.25, 0.3) is 11.1 Å². The number of hydrogen-bond acceptors (Lipinski definition) is 9. The number of nitrogens with one attached hydrogen (secondary N) is 1. The molecule has 0 aromatic heterocycles. The molecule has 0 spiro atoms. The zero-order chi connectivity index (χ0) is 45.3. The molecule has 3 rings (SSSR count). The van der Waals surface area contributed by atoms with Gasteiger partial charge < -0.3 is 24.3 Å². The van der Waals surface area contributed by atoms with Crippen molar-refractivity contribution in [3.63, 3.8) is 0 Å². The molecular weight excluding hydrogens is 771 g/mol. The summed E-state index contributed by atoms with van der Waals surface area (Å²) in [6.07, 6.45) is 14.4. The Morgan fingerprint density at radius 2 is 0.951 bits per heavy atom. The Bertz CT molecular complexity index is 1650. The van der Waals surface area contributed by atoms with Crippen LogP contribution in [0.2, 0.25) is 0 Å². The topological polar surface area (TPSA) is 134 Å². The van der Waals surface area contributed by atoms with E-state index >= 15 is 0 Å². The first-order chi connectivity index (χ1) is 28.6. The summed E-state index contributed by atoms with van der Waals surface area (Å²) in [7, 11) is 0. The molecule has 1 amide bonds. The van der Waals surface area contributed by atoms with Gasteiger partial charge >= 0.3 is 23.9 Å². The van der Waals surface area contributed by atoms with Gasteiger partial charge in [-0.05, 0) is 111 Å². The van der Waals surface area contributed by atoms with Crippen molar-refractivity contribution in [2.45, 2.75) is 207 Å². The van der Waals surface area contributed by atoms with Crippen LogP contribution in [-0.4, -0.2) is 59.2 Å². The number of hydrogen-bond donors (Lipinski definition) is 1. The number of ether oxygens (including phenoxy) is 4. The van der Waals surface area contributed by atoms with Gasteiger partial charge in [0, 0.05) is 18.8 Å². The molecule has 340 valence electrons. The SMILES string of the molecule is CC(C)(C)OC(=O)C(CCC(=O)OCC1c2ccccc2-c2ccccc21)NC(=O)CCCCCCCCCCCCCCCC(C)(C(=O)OC(C)(C)C)C(=O)OC(C)(C)C. The Morgan fingerprint density at radius 1 is 0.541 bits per heavy atom. The second-order valence-corrected chi connectivity index (χ2v) is 20.0. The molecule has 61 heavy (non-hydrogen) atoms. The van der Waals surface area contributed by atoms with E-state index < -0.39 is 52.1 Å². The summed E-state index contributed by atoms with van der Waals surface area (Å²) in [6, 6.07) is 15.4. The minimum atomic E-state index is -1.32. The molecule has 2 aromatic carbocycles. The number of fused-ring (bicyclic) bond motifs is 3. The molecule has 2 aromatic rings. The lowest BCUT2D eigenvalue weighted by molar-refractivity contribution is -0.184. The first-order valence-corrected chi connectivity index (χ1v) is 22.9. The van der Waals surface area contributed by atoms with Crippen LogP contribution in [0, 0.1) is 5.41 Å². The molecule has 0 bridgehead atoms. The van der Waals surface area contributed by atoms with E-state index in [0.717, 1.165) is 80.0 Å². The third-order valence-corrected chi connectivity index (χ3v) is 10.8. The van der Waals surface area contributed by atoms with Gasteiger partial charge in [-0.1, -0.05) is 126 Å². The third kappa shape index (κ3) is 18.4. The highest BCUT2D eigenvalue weighted by molar-refractivity contribution is 5.99. The average Bonchev–Trinajstić information content (AvgIpc) is 3.48. The quantitative estimate of drug-likeness (QED) is 0.0448. The minimum Gasteiger partial charge on any atom is -0.465 e. The van der Waals surface area contributed by atoms with Crippen molar-refractivity contribution in [1.29, 1.82) is 0 Å². The van der Waals surface area contributed by atoms with Gasteiger partial charge in [0.2, 0.25) is 5.91 Å². The number of carbonyl (C=O) groups excluding carboxylic acids is 5. The Labute approximate surface area is 367 Å². The highest BCUT2D eigenvalue weighted by Crippen LogP contribution is 2.44. The lowest BCUT2D eigenvalue weighted by atomic mass is 9.84. The molecule has 0 saturated heterocycles. The van der Waals surface area contributed by atoms with Crippen LogP contribution in [0.5, 0.6) is 0 Å². The number of unbranched alkanes of at least 4 members (excludes halogenated alkanes) is 12. The van der Waals surface area contributed by atoms with E-state index in [-0.39, 0.29) is 31.3 Å². The maximum Gasteiger partial charge on any atom is 0.329 e. The van der Waals surface area contributed by atoms with E-state index in [2.05, 4.69) is 29.6 Å². The van der Waals surface area contributed by atoms with Crippen LogP contribution in [-0.2, 0) is 42.9 Å². The molecule has 0 saturated carbocycles. The second-order valence-electron chi connectivity index (χ2n) is 20.0. The van der Waals surface area contributed by atoms with Crippen molar-refractivity contribution in [1.82, 2.24) is 5.32 Å². The normalized spacial score (nSPS) is 13.5. The largest absolute Gasteiger partial charge is 0.465 e. The number of rotatable bonds is 25. The summed E-state index contributed by atoms with van der Waals surface area (Å²) in [5, 5.41) is 2.84. The van der Waals surface area contributed by atoms with E-state index in [4.69, 9.17) is 18.9 Å². The lowest BCUT2D eigenvalue weighted by Gasteiger charge is -2.32. The van der Waals surface area contributed by atoms with Crippen molar-refractivity contribution < 1.29 is 42.9 Å². The summed E-state index contributed by atoms with van der Waals surface area (Å²) >= 11 is 0. The maximum absolute atomic E-state index is 13.1. The Kier molecular flexibility index (Phi) is 20.0. The Balaban J connectivity index is 1.28. The highest BCUT2D eigenvalue weighted by Gasteiger charge is 2.46. The zero-order valence-electron chi connectivity index (χ0n) is 39.2. The fourth-order valence-corrected chi connectivity index (χ4v) is 7.62. The van der Waals surface area contributed by atoms with E-state index in [9.17, 15) is 24.0 Å². The Morgan fingerprint density at radius 3 is 1.39 bits per heavy atom. The molecule has 10 heteroatoms. The van der Waals surface area contributed by atoms with Crippen molar-refractivity contribution >= 4 is 29.8 Å². The van der Waals surface area contributed by atoms with Crippen LogP contribution >= 0.6 is 0 Å². The fourth-order valence-electron chi connectivity index (χ4n) is 7.62. The molecule has 1 aliphatic carbocycles. The molecule has 1 N–H and O–H groups in total. The van der Waals surface area contributed by atoms with Gasteiger partial charge in [-0.25, -0.2) is 4.79 Å². The summed E-state index contributed by atoms with van der Waals surface area (Å²) < 4.78 is 22.6. The predicted molar refractivity (Wildman–Crippen MR) is 241 cm³/mol. The van der Waals surface area contributed by atoms with Crippen molar-refractivity contribution in [2.24, 2.45) is 5.41 Å². The first-order valence-electron chi connectivity index (χ1n) is 22.9. The van der Waals surface area contributed by atoms with E-state index in [1.807, 2.05) is 24.3 Å². The van der Waals surface area contributed by atoms with Crippen LogP contribution in [0.3, 0.4) is 0 Å². The molecule has 0 radical (unpaired) electrons. The highest BCUT2D eigenvalue weighted by atomic mass is 16.6. The minimum absolute atomic E-state index is 0.0194. The monoisotopic (exact) mass is 848 g/mol. The van der Waals surface area contributed by atoms with E-state index in [1.165, 1.54) is 25.7 Å². The van der Waals surface area contributed by atoms with Gasteiger partial charge in [-0.3, -0.25) is 19.2 Å². The number of benzene rings is 2. The van der Waals surface area contributed by atoms with Crippen LogP contribution in [0.1, 0.15) is 195 Å². The first kappa shape index (κ1) is 51.1. The van der Waals surface area contributed by atoms with Crippen LogP contribution < -0.4 is 5.32 Å². The van der Waals surface area contributed by atoms with Crippen LogP contribution in [0.4, 0.5) is 0 Å². The average molecular weight is 848 g/mol. The summed E-state index contributed by atoms with van der Waals surface area (Å²) in [6.45, 7) is 18.0. The second kappa shape index (κ2) is 23.9. The molecule has 0 aliphatic heterocycles. The Hall–Kier alpha value is -4.21. The molecule has 0 fully saturated rings. The van der Waals surface area contributed by atoms with Gasteiger partial charge in [-0.15, -0.1) is 0 Å². The number of amides is 1. The standard InChI is InChI=1S/C51H77NO9/c1-48(2,3)59-45(55)42(33-34-44(54)58-36-41-39-30-25-23-28-37(39)38-29-24-26-31-40(38)41)52-43(53)32-22-20-18-16-14-12-11-13-15-17-19-21-27-35-51(10,46(56)60-49(4,5)6)47(57)61-50(7,8)9/h23-26,28-31,41-42H,11-22,27,32-36H2,1-10H3,(H,52,53). The zero-order valence-corrected chi connectivity index (χ0v) is 39.2. The molecule has 10 nitrogen and oxygen atoms in total. The smallest absolute Gasteiger partial charge is 0.329 e. The fraction of sp³-hybridized carbons (Fsp3) is 0.667. The third-order valence-electron chi connectivity index (χ3n) is 10.8. The van der Waals surface area contributed by atoms with Crippen molar-refractivity contribution in [3.8, 4) is 11.1 Å². The predicted octanol–water partition coefficient (Wildman–Crippen LogP) is 11.5. The van der Waals surface area contributed by atoms with Gasteiger partial charge in [0.05, 0.1) is 0 Å². The number of esters is 4. The van der Waals surface area contributed by atoms with Gasteiger partial charge in [0.25, 0.3) is 0 Å². The van der Waals surface area contributed by atoms with Crippen LogP contribution in [0.15, 0.2) is 48.5 Å². The summed E-state index contributed by atoms with van der Waals surface area (Å²) in [5.74, 6) is -2.28. The maximum atomic E-state index is 13.1. The summed E-state index contributed by atoms with van der Waals surface area (Å²) in [5.41, 5.74) is 1.15. The van der Waals surface area contributed by atoms with Gasteiger partial charge in [-0.2, -0.15) is 0 Å². The number of carbonyl (C=O) groups is 5. The van der Waals surface area contributed by atoms with Gasteiger partial charge in [0.1, 0.15) is 29.5 Å². The van der Waals surface area contributed by atoms with E-state index in [0.29, 0.717) is 12.8 Å². The molecular formula is C51H77NO9. The van der Waals surface area contributed by atoms with Crippen molar-refractivity contribution in [2.75, 3.05) is 6.61 Å². The van der Waals surface area contributed by atoms with Crippen molar-refractivity contribution in [3.05, 3.63) is 59.7 Å².